The highest BCUT2D eigenvalue weighted by molar-refractivity contribution is 8.00. The lowest BCUT2D eigenvalue weighted by atomic mass is 10.1. The lowest BCUT2D eigenvalue weighted by Gasteiger charge is -2.13. The van der Waals surface area contributed by atoms with Crippen LogP contribution < -0.4 is 0 Å². The molecule has 0 aromatic rings. The Morgan fingerprint density at radius 2 is 1.52 bits per heavy atom. The Bertz CT molecular complexity index is 385. The summed E-state index contributed by atoms with van der Waals surface area (Å²) >= 11 is 1.71. The van der Waals surface area contributed by atoms with Crippen molar-refractivity contribution in [3.05, 3.63) is 36.5 Å². The second-order valence-electron chi connectivity index (χ2n) is 5.98. The quantitative estimate of drug-likeness (QED) is 0.169. The van der Waals surface area contributed by atoms with Crippen molar-refractivity contribution in [1.82, 2.24) is 0 Å². The van der Waals surface area contributed by atoms with Crippen molar-refractivity contribution in [3.63, 3.8) is 0 Å². The maximum atomic E-state index is 11.8. The molecule has 0 bridgehead atoms. The zero-order valence-corrected chi connectivity index (χ0v) is 17.4. The van der Waals surface area contributed by atoms with Gasteiger partial charge in [-0.1, -0.05) is 69.6 Å². The van der Waals surface area contributed by atoms with Crippen LogP contribution in [0.5, 0.6) is 0 Å². The second-order valence-corrected chi connectivity index (χ2v) is 7.46. The fourth-order valence-electron chi connectivity index (χ4n) is 2.48. The van der Waals surface area contributed by atoms with Crippen LogP contribution >= 0.6 is 11.8 Å². The van der Waals surface area contributed by atoms with Gasteiger partial charge in [0.05, 0.1) is 6.61 Å². The van der Waals surface area contributed by atoms with Gasteiger partial charge in [0.15, 0.2) is 0 Å². The van der Waals surface area contributed by atoms with Crippen LogP contribution in [0.15, 0.2) is 36.5 Å². The summed E-state index contributed by atoms with van der Waals surface area (Å²) in [5.74, 6) is 0.938. The number of carbonyl (C=O) groups is 1. The van der Waals surface area contributed by atoms with E-state index in [1.807, 2.05) is 6.92 Å². The molecule has 0 radical (unpaired) electrons. The van der Waals surface area contributed by atoms with Gasteiger partial charge < -0.3 is 4.74 Å². The van der Waals surface area contributed by atoms with Crippen molar-refractivity contribution >= 4 is 17.7 Å². The summed E-state index contributed by atoms with van der Waals surface area (Å²) in [5.41, 5.74) is 0. The van der Waals surface area contributed by atoms with E-state index in [9.17, 15) is 4.79 Å². The normalized spacial score (nSPS) is 13.2. The first-order valence-corrected chi connectivity index (χ1v) is 11.0. The molecule has 0 heterocycles. The minimum absolute atomic E-state index is 0.0313. The molecule has 0 aromatic heterocycles. The van der Waals surface area contributed by atoms with E-state index >= 15 is 0 Å². The number of allylic oxidation sites excluding steroid dienone is 6. The summed E-state index contributed by atoms with van der Waals surface area (Å²) in [6.45, 7) is 6.61. The number of thioether (sulfide) groups is 1. The molecule has 0 rings (SSSR count). The zero-order valence-electron chi connectivity index (χ0n) is 16.5. The van der Waals surface area contributed by atoms with Crippen LogP contribution in [-0.4, -0.2) is 23.6 Å². The minimum Gasteiger partial charge on any atom is -0.465 e. The second kappa shape index (κ2) is 19.4. The van der Waals surface area contributed by atoms with Crippen LogP contribution in [0, 0.1) is 0 Å². The molecule has 1 unspecified atom stereocenters. The Morgan fingerprint density at radius 1 is 0.880 bits per heavy atom. The summed E-state index contributed by atoms with van der Waals surface area (Å²) < 4.78 is 5.15. The molecular formula is C22H38O2S. The Morgan fingerprint density at radius 3 is 2.16 bits per heavy atom. The zero-order chi connectivity index (χ0) is 18.6. The largest absolute Gasteiger partial charge is 0.465 e. The number of esters is 1. The maximum absolute atomic E-state index is 11.8. The van der Waals surface area contributed by atoms with Gasteiger partial charge in [0.25, 0.3) is 0 Å². The number of unbranched alkanes of at least 4 members (excludes halogenated alkanes) is 4. The number of carbonyl (C=O) groups excluding carboxylic acids is 1. The average molecular weight is 367 g/mol. The number of hydrogen-bond acceptors (Lipinski definition) is 3. The van der Waals surface area contributed by atoms with E-state index in [0.29, 0.717) is 6.61 Å². The number of rotatable bonds is 16. The summed E-state index contributed by atoms with van der Waals surface area (Å²) in [6.07, 6.45) is 23.6. The van der Waals surface area contributed by atoms with Crippen LogP contribution in [-0.2, 0) is 9.53 Å². The van der Waals surface area contributed by atoms with Crippen LogP contribution in [0.3, 0.4) is 0 Å². The van der Waals surface area contributed by atoms with Gasteiger partial charge in [0, 0.05) is 0 Å². The molecule has 1 atom stereocenters. The van der Waals surface area contributed by atoms with Crippen LogP contribution in [0.25, 0.3) is 0 Å². The maximum Gasteiger partial charge on any atom is 0.319 e. The molecule has 0 aliphatic carbocycles. The molecule has 2 nitrogen and oxygen atoms in total. The first kappa shape index (κ1) is 24.0. The van der Waals surface area contributed by atoms with E-state index in [-0.39, 0.29) is 11.2 Å². The van der Waals surface area contributed by atoms with Crippen molar-refractivity contribution < 1.29 is 9.53 Å². The Labute approximate surface area is 160 Å². The molecule has 0 fully saturated rings. The van der Waals surface area contributed by atoms with Crippen molar-refractivity contribution in [3.8, 4) is 0 Å². The summed E-state index contributed by atoms with van der Waals surface area (Å²) in [6, 6.07) is 0. The van der Waals surface area contributed by atoms with E-state index in [1.165, 1.54) is 19.3 Å². The SMILES string of the molecule is CCC=CCC=CCC=CCCCCCCC(SCC)C(=O)OCC. The topological polar surface area (TPSA) is 26.3 Å². The van der Waals surface area contributed by atoms with Gasteiger partial charge in [-0.15, -0.1) is 11.8 Å². The van der Waals surface area contributed by atoms with Gasteiger partial charge in [-0.05, 0) is 51.2 Å². The molecule has 0 aliphatic rings. The third-order valence-corrected chi connectivity index (χ3v) is 4.95. The third-order valence-electron chi connectivity index (χ3n) is 3.78. The molecule has 0 aliphatic heterocycles. The molecule has 0 saturated carbocycles. The summed E-state index contributed by atoms with van der Waals surface area (Å²) in [5, 5.41) is 0.0313. The smallest absolute Gasteiger partial charge is 0.319 e. The first-order chi connectivity index (χ1) is 12.3. The van der Waals surface area contributed by atoms with Crippen molar-refractivity contribution in [2.45, 2.75) is 83.8 Å². The summed E-state index contributed by atoms with van der Waals surface area (Å²) in [4.78, 5) is 11.8. The van der Waals surface area contributed by atoms with Crippen LogP contribution in [0.4, 0.5) is 0 Å². The Hall–Kier alpha value is -0.960. The molecule has 3 heteroatoms. The summed E-state index contributed by atoms with van der Waals surface area (Å²) in [7, 11) is 0. The van der Waals surface area contributed by atoms with Crippen molar-refractivity contribution in [1.29, 1.82) is 0 Å². The van der Waals surface area contributed by atoms with Gasteiger partial charge >= 0.3 is 5.97 Å². The van der Waals surface area contributed by atoms with Gasteiger partial charge in [-0.2, -0.15) is 0 Å². The predicted octanol–water partition coefficient (Wildman–Crippen LogP) is 6.87. The van der Waals surface area contributed by atoms with Gasteiger partial charge in [0.2, 0.25) is 0 Å². The lowest BCUT2D eigenvalue weighted by Crippen LogP contribution is -2.20. The molecule has 0 aromatic carbocycles. The molecular weight excluding hydrogens is 328 g/mol. The highest BCUT2D eigenvalue weighted by atomic mass is 32.2. The van der Waals surface area contributed by atoms with E-state index in [0.717, 1.165) is 44.3 Å². The van der Waals surface area contributed by atoms with E-state index in [2.05, 4.69) is 50.3 Å². The number of hydrogen-bond donors (Lipinski definition) is 0. The highest BCUT2D eigenvalue weighted by Gasteiger charge is 2.18. The predicted molar refractivity (Wildman–Crippen MR) is 113 cm³/mol. The van der Waals surface area contributed by atoms with Gasteiger partial charge in [-0.25, -0.2) is 0 Å². The van der Waals surface area contributed by atoms with Gasteiger partial charge in [0.1, 0.15) is 5.25 Å². The lowest BCUT2D eigenvalue weighted by molar-refractivity contribution is -0.142. The molecule has 144 valence electrons. The first-order valence-electron chi connectivity index (χ1n) is 9.99. The monoisotopic (exact) mass is 366 g/mol. The van der Waals surface area contributed by atoms with Crippen molar-refractivity contribution in [2.75, 3.05) is 12.4 Å². The van der Waals surface area contributed by atoms with E-state index in [1.54, 1.807) is 11.8 Å². The van der Waals surface area contributed by atoms with E-state index in [4.69, 9.17) is 4.74 Å². The van der Waals surface area contributed by atoms with Crippen LogP contribution in [0.2, 0.25) is 0 Å². The Kier molecular flexibility index (Phi) is 18.6. The minimum atomic E-state index is -0.0319. The van der Waals surface area contributed by atoms with Gasteiger partial charge in [-0.3, -0.25) is 4.79 Å². The molecule has 0 spiro atoms. The fourth-order valence-corrected chi connectivity index (χ4v) is 3.42. The molecule has 0 saturated heterocycles. The van der Waals surface area contributed by atoms with Crippen molar-refractivity contribution in [2.24, 2.45) is 0 Å². The number of ether oxygens (including phenoxy) is 1. The third kappa shape index (κ3) is 16.3. The molecule has 0 N–H and O–H groups in total. The molecule has 25 heavy (non-hydrogen) atoms. The standard InChI is InChI=1S/C22H38O2S/c1-4-7-8-9-10-11-12-13-14-15-16-17-18-19-20-21(25-6-3)22(23)24-5-2/h7-8,10-11,13-14,21H,4-6,9,12,15-20H2,1-3H3. The van der Waals surface area contributed by atoms with Crippen LogP contribution in [0.1, 0.15) is 78.6 Å². The molecule has 0 amide bonds. The fraction of sp³-hybridized carbons (Fsp3) is 0.682. The van der Waals surface area contributed by atoms with E-state index < -0.39 is 0 Å². The average Bonchev–Trinajstić information content (AvgIpc) is 2.61. The Balaban J connectivity index is 3.60. The highest BCUT2D eigenvalue weighted by Crippen LogP contribution is 2.19.